The number of rotatable bonds is 43. The summed E-state index contributed by atoms with van der Waals surface area (Å²) in [7, 11) is 0. The Morgan fingerprint density at radius 2 is 0.659 bits per heavy atom. The molecule has 37 N–H and O–H groups in total. The molecule has 51 atom stereocenters. The smallest absolute Gasteiger partial charge is 0.364 e. The fraction of sp³-hybridized carbons (Fsp3) is 0.908. The molecule has 9 saturated heterocycles. The van der Waals surface area contributed by atoms with Crippen LogP contribution in [0.2, 0.25) is 0 Å². The van der Waals surface area contributed by atoms with Gasteiger partial charge in [-0.05, 0) is 0 Å². The van der Waals surface area contributed by atoms with Crippen LogP contribution in [0, 0.1) is 0 Å². The molecule has 0 bridgehead atoms. The van der Waals surface area contributed by atoms with Crippen LogP contribution >= 0.6 is 0 Å². The highest BCUT2D eigenvalue weighted by Crippen LogP contribution is 2.42. The largest absolute Gasteiger partial charge is 0.477 e. The number of carbonyl (C=O) groups is 7. The van der Waals surface area contributed by atoms with Crippen molar-refractivity contribution in [3.63, 3.8) is 0 Å². The van der Waals surface area contributed by atoms with Gasteiger partial charge in [0.15, 0.2) is 44.0 Å². The van der Waals surface area contributed by atoms with Crippen LogP contribution in [-0.4, -0.2) is 589 Å². The first kappa shape index (κ1) is 116. The summed E-state index contributed by atoms with van der Waals surface area (Å²) in [4.78, 5) is 89.0. The number of carboxylic acids is 2. The van der Waals surface area contributed by atoms with Crippen molar-refractivity contribution in [3.05, 3.63) is 0 Å². The van der Waals surface area contributed by atoms with Gasteiger partial charge in [-0.3, -0.25) is 24.0 Å². The third-order valence-corrected chi connectivity index (χ3v) is 24.5. The van der Waals surface area contributed by atoms with Crippen molar-refractivity contribution in [2.45, 2.75) is 359 Å². The van der Waals surface area contributed by atoms with E-state index in [1.165, 1.54) is 0 Å². The SMILES string of the molecule is CC(=O)N[C@H]1[C@H](O[C@@H]2[C@@H](OC[C@H]3O[C@@H](O[C@@H]([C@H](O)[C@H](CO)NC(C)=O)[C@H](O)CO)[C@@H](O)[C@@H](O[C@H]4O[C@H](CO)[C@@H](O)[C@H](O)[C@@H]4O[C@@H]4O[C@H](CO)[C@@H](O[C@@H]5O[C@H](CO[C@]6(C(=O)O)C[C@H](O)[C@@H](NC(C)=O)[C@H]([C@H](O)[C@H](O)CO)O6)[C@H](O)[C@H](O)[C@H]5O)[C@H](O)[C@H]4NC(C)=O)[C@@H]3O)O[C@H](CO)[C@@H](O)[C@@H]2O)O[C@H](CO)[C@@H](O[C@@H]2O[C@H](CO[C@]3(C(=O)O)C[C@H](O)[C@@H](NC(C)=O)[C@H]([C@H](O)[C@H](O)CO)O3)[C@H](O)[C@H](O)[C@H]2O)[C@@H]1O. The number of aliphatic hydroxyl groups excluding tert-OH is 30. The average molecular weight is 2020 g/mol. The minimum absolute atomic E-state index is 0.846. The van der Waals surface area contributed by atoms with E-state index in [1.807, 2.05) is 0 Å². The Morgan fingerprint density at radius 1 is 0.326 bits per heavy atom. The number of carbonyl (C=O) groups excluding carboxylic acids is 5. The number of amides is 5. The highest BCUT2D eigenvalue weighted by molar-refractivity contribution is 5.78. The molecular formula is C76H127N5O57. The summed E-state index contributed by atoms with van der Waals surface area (Å²) in [6.45, 7) is -9.18. The molecule has 0 spiro atoms. The molecule has 62 heteroatoms. The van der Waals surface area contributed by atoms with Gasteiger partial charge >= 0.3 is 11.9 Å². The second kappa shape index (κ2) is 50.5. The summed E-state index contributed by atoms with van der Waals surface area (Å²) in [6, 6.07) is -9.43. The molecule has 5 amide bonds. The van der Waals surface area contributed by atoms with Crippen molar-refractivity contribution in [1.82, 2.24) is 26.6 Å². The van der Waals surface area contributed by atoms with E-state index < -0.39 is 439 Å². The first-order chi connectivity index (χ1) is 64.9. The number of aliphatic carboxylic acids is 2. The molecule has 0 unspecified atom stereocenters. The van der Waals surface area contributed by atoms with Gasteiger partial charge in [0.1, 0.15) is 226 Å². The summed E-state index contributed by atoms with van der Waals surface area (Å²) < 4.78 is 106. The second-order valence-corrected chi connectivity index (χ2v) is 34.4. The zero-order valence-corrected chi connectivity index (χ0v) is 74.0. The van der Waals surface area contributed by atoms with Crippen molar-refractivity contribution in [2.24, 2.45) is 0 Å². The van der Waals surface area contributed by atoms with Crippen molar-refractivity contribution < 1.29 is 282 Å². The Morgan fingerprint density at radius 3 is 1.02 bits per heavy atom. The van der Waals surface area contributed by atoms with Crippen LogP contribution in [0.3, 0.4) is 0 Å². The maximum absolute atomic E-state index is 13.2. The predicted octanol–water partition coefficient (Wildman–Crippen LogP) is -24.0. The van der Waals surface area contributed by atoms with E-state index in [-0.39, 0.29) is 0 Å². The standard InChI is InChI=1S/C76H127N5O57/c1-19(90)77-24(8-82)41(100)58(29(99)11-85)131-70-57(116)63(134-72-65(54(113)45(104)31(13-87)125-72)136-67-40(81-23(5)94)50(109)60(33(15-89)127-67)133-69-56(115)52(111)47(106)36(130-69)18-123-76(74(119)120)7-26(96)38(79-21(3)92)62(138-76)43(102)28(98)10-84)48(107)34(128-70)16-121-71-64(53(112)44(103)30(12-86)124-71)135-66-39(80-22(4)93)49(108)59(32(14-88)126-66)132-68-55(114)51(110)46(105)35(129-68)17-122-75(73(117)118)6-25(95)37(78-20(2)91)61(137-75)42(101)27(97)9-83/h24-72,82-89,95-116H,6-18H2,1-5H3,(H,77,90)(H,78,91)(H,79,92)(H,80,93)(H,81,94)(H,117,118)(H,119,120)/t24-,25-,26-,27+,28+,29+,30+,31+,32+,33+,34+,35+,36+,37+,38+,39+,40+,41+,42+,43+,44+,45+,46-,47-,48+,49+,50+,51-,52-,53-,54-,55+,56+,57-,58+,59+,60+,61+,62+,63-,64-,65-,66-,67-,68-,69-,70-,71-,72+,75+,76+/m0/s1. The summed E-state index contributed by atoms with van der Waals surface area (Å²) in [5.41, 5.74) is 0. The minimum atomic E-state index is -3.11. The van der Waals surface area contributed by atoms with Gasteiger partial charge in [-0.15, -0.1) is 0 Å². The number of hydrogen-bond acceptors (Lipinski definition) is 55. The van der Waals surface area contributed by atoms with Crippen LogP contribution in [0.15, 0.2) is 0 Å². The monoisotopic (exact) mass is 2020 g/mol. The van der Waals surface area contributed by atoms with E-state index in [2.05, 4.69) is 26.6 Å². The molecule has 0 saturated carbocycles. The lowest BCUT2D eigenvalue weighted by Crippen LogP contribution is -2.70. The van der Waals surface area contributed by atoms with Crippen LogP contribution in [0.4, 0.5) is 0 Å². The predicted molar refractivity (Wildman–Crippen MR) is 424 cm³/mol. The van der Waals surface area contributed by atoms with Crippen molar-refractivity contribution in [2.75, 3.05) is 72.7 Å². The van der Waals surface area contributed by atoms with E-state index in [4.69, 9.17) is 85.3 Å². The third-order valence-electron chi connectivity index (χ3n) is 24.5. The highest BCUT2D eigenvalue weighted by atomic mass is 16.8. The summed E-state index contributed by atoms with van der Waals surface area (Å²) in [5, 5.41) is 367. The lowest BCUT2D eigenvalue weighted by molar-refractivity contribution is -0.396. The Balaban J connectivity index is 0.985. The minimum Gasteiger partial charge on any atom is -0.477 e. The van der Waals surface area contributed by atoms with Crippen molar-refractivity contribution in [1.29, 1.82) is 0 Å². The third kappa shape index (κ3) is 26.4. The highest BCUT2D eigenvalue weighted by Gasteiger charge is 2.64. The molecule has 9 aliphatic heterocycles. The van der Waals surface area contributed by atoms with E-state index >= 15 is 0 Å². The molecule has 9 heterocycles. The van der Waals surface area contributed by atoms with Gasteiger partial charge in [-0.1, -0.05) is 0 Å². The maximum Gasteiger partial charge on any atom is 0.364 e. The molecule has 138 heavy (non-hydrogen) atoms. The van der Waals surface area contributed by atoms with Crippen LogP contribution in [0.25, 0.3) is 0 Å². The van der Waals surface area contributed by atoms with Gasteiger partial charge < -0.3 is 275 Å². The molecule has 9 fully saturated rings. The van der Waals surface area contributed by atoms with Gasteiger partial charge in [0.25, 0.3) is 11.6 Å². The van der Waals surface area contributed by atoms with Gasteiger partial charge in [0, 0.05) is 47.5 Å². The number of nitrogens with one attached hydrogen (secondary N) is 5. The molecule has 62 nitrogen and oxygen atoms in total. The van der Waals surface area contributed by atoms with Gasteiger partial charge in [0.2, 0.25) is 29.5 Å². The Labute approximate surface area is 779 Å². The van der Waals surface area contributed by atoms with Gasteiger partial charge in [-0.25, -0.2) is 9.59 Å². The van der Waals surface area contributed by atoms with Crippen LogP contribution in [-0.2, 0) is 119 Å². The first-order valence-electron chi connectivity index (χ1n) is 43.3. The Hall–Kier alpha value is -5.63. The van der Waals surface area contributed by atoms with E-state index in [0.29, 0.717) is 0 Å². The Bertz CT molecular complexity index is 3870. The number of aliphatic hydroxyl groups is 30. The van der Waals surface area contributed by atoms with Crippen LogP contribution in [0.5, 0.6) is 0 Å². The molecule has 0 radical (unpaired) electrons. The number of hydrogen-bond donors (Lipinski definition) is 37. The maximum atomic E-state index is 13.2. The van der Waals surface area contributed by atoms with Crippen molar-refractivity contribution in [3.8, 4) is 0 Å². The lowest BCUT2D eigenvalue weighted by atomic mass is 9.88. The molecule has 0 aromatic heterocycles. The molecular weight excluding hydrogens is 1890 g/mol. The topological polar surface area (TPSA) is 993 Å². The summed E-state index contributed by atoms with van der Waals surface area (Å²) in [5.74, 6) is -15.1. The zero-order chi connectivity index (χ0) is 103. The van der Waals surface area contributed by atoms with Gasteiger partial charge in [0.05, 0.1) is 103 Å². The average Bonchev–Trinajstić information content (AvgIpc) is 0.774. The van der Waals surface area contributed by atoms with E-state index in [1.54, 1.807) is 0 Å². The molecule has 798 valence electrons. The van der Waals surface area contributed by atoms with Crippen molar-refractivity contribution >= 4 is 41.5 Å². The zero-order valence-electron chi connectivity index (χ0n) is 74.0. The lowest BCUT2D eigenvalue weighted by Gasteiger charge is -2.50. The normalized spacial score (nSPS) is 43.7. The molecule has 0 aliphatic carbocycles. The molecule has 9 aliphatic rings. The molecule has 0 aromatic carbocycles. The molecule has 9 rings (SSSR count). The Kier molecular flexibility index (Phi) is 42.4. The van der Waals surface area contributed by atoms with E-state index in [0.717, 1.165) is 34.6 Å². The van der Waals surface area contributed by atoms with Crippen LogP contribution < -0.4 is 26.6 Å². The van der Waals surface area contributed by atoms with Gasteiger partial charge in [-0.2, -0.15) is 0 Å². The molecule has 0 aromatic rings. The van der Waals surface area contributed by atoms with Crippen LogP contribution in [0.1, 0.15) is 47.5 Å². The summed E-state index contributed by atoms with van der Waals surface area (Å²) >= 11 is 0. The number of ether oxygens (including phenoxy) is 18. The number of carboxylic acid groups (broad SMARTS) is 2. The second-order valence-electron chi connectivity index (χ2n) is 34.4. The summed E-state index contributed by atoms with van der Waals surface area (Å²) in [6.07, 6.45) is -103. The fourth-order valence-corrected chi connectivity index (χ4v) is 17.1. The fourth-order valence-electron chi connectivity index (χ4n) is 17.1. The quantitative estimate of drug-likeness (QED) is 0.0270. The first-order valence-corrected chi connectivity index (χ1v) is 43.3. The van der Waals surface area contributed by atoms with E-state index in [9.17, 15) is 197 Å².